The quantitative estimate of drug-likeness (QED) is 0.754. The third-order valence-electron chi connectivity index (χ3n) is 4.02. The van der Waals surface area contributed by atoms with Crippen molar-refractivity contribution < 1.29 is 0 Å². The topological polar surface area (TPSA) is 24.4 Å². The fourth-order valence-electron chi connectivity index (χ4n) is 2.97. The van der Waals surface area contributed by atoms with E-state index in [4.69, 9.17) is 0 Å². The van der Waals surface area contributed by atoms with Crippen molar-refractivity contribution in [1.82, 2.24) is 5.32 Å². The summed E-state index contributed by atoms with van der Waals surface area (Å²) in [5.74, 6) is 3.23. The first-order valence-electron chi connectivity index (χ1n) is 6.63. The van der Waals surface area contributed by atoms with Gasteiger partial charge in [-0.2, -0.15) is 0 Å². The van der Waals surface area contributed by atoms with Crippen molar-refractivity contribution in [3.63, 3.8) is 0 Å². The molecular formula is C13H24N2. The zero-order valence-corrected chi connectivity index (χ0v) is 9.97. The van der Waals surface area contributed by atoms with E-state index in [0.29, 0.717) is 0 Å². The van der Waals surface area contributed by atoms with E-state index in [1.54, 1.807) is 0 Å². The summed E-state index contributed by atoms with van der Waals surface area (Å²) in [6.07, 6.45) is 9.80. The van der Waals surface area contributed by atoms with Gasteiger partial charge in [0.25, 0.3) is 0 Å². The van der Waals surface area contributed by atoms with Gasteiger partial charge in [-0.05, 0) is 24.7 Å². The minimum atomic E-state index is 0.970. The van der Waals surface area contributed by atoms with Crippen LogP contribution in [0.2, 0.25) is 0 Å². The van der Waals surface area contributed by atoms with Crippen molar-refractivity contribution in [1.29, 1.82) is 0 Å². The normalized spacial score (nSPS) is 31.1. The summed E-state index contributed by atoms with van der Waals surface area (Å²) in [6.45, 7) is 4.50. The van der Waals surface area contributed by atoms with Crippen LogP contribution in [0.5, 0.6) is 0 Å². The van der Waals surface area contributed by atoms with Gasteiger partial charge in [0.2, 0.25) is 0 Å². The van der Waals surface area contributed by atoms with Gasteiger partial charge in [-0.1, -0.05) is 32.6 Å². The number of hydrogen-bond acceptors (Lipinski definition) is 2. The molecule has 0 amide bonds. The van der Waals surface area contributed by atoms with Crippen LogP contribution in [0, 0.1) is 11.8 Å². The molecule has 0 spiro atoms. The molecule has 2 nitrogen and oxygen atoms in total. The SMILES string of the molecule is C[C@H]1CCCC[C@H]1CCCC1=NCCN1. The molecule has 2 aliphatic rings. The standard InChI is InChI=1S/C13H24N2/c1-11-5-2-3-6-12(11)7-4-8-13-14-9-10-15-13/h11-12H,2-10H2,1H3,(H,14,15)/t11-,12-/m0/s1. The first-order chi connectivity index (χ1) is 7.36. The van der Waals surface area contributed by atoms with E-state index in [9.17, 15) is 0 Å². The molecule has 1 fully saturated rings. The van der Waals surface area contributed by atoms with Crippen molar-refractivity contribution >= 4 is 5.84 Å². The number of hydrogen-bond donors (Lipinski definition) is 1. The van der Waals surface area contributed by atoms with Crippen LogP contribution < -0.4 is 5.32 Å². The van der Waals surface area contributed by atoms with Gasteiger partial charge in [0, 0.05) is 13.0 Å². The third-order valence-corrected chi connectivity index (χ3v) is 4.02. The molecule has 1 N–H and O–H groups in total. The van der Waals surface area contributed by atoms with Crippen LogP contribution in [0.15, 0.2) is 4.99 Å². The van der Waals surface area contributed by atoms with Crippen molar-refractivity contribution in [3.8, 4) is 0 Å². The predicted molar refractivity (Wildman–Crippen MR) is 65.3 cm³/mol. The van der Waals surface area contributed by atoms with Crippen molar-refractivity contribution in [2.75, 3.05) is 13.1 Å². The second-order valence-electron chi connectivity index (χ2n) is 5.17. The minimum absolute atomic E-state index is 0.970. The van der Waals surface area contributed by atoms with E-state index in [1.807, 2.05) is 0 Å². The van der Waals surface area contributed by atoms with E-state index >= 15 is 0 Å². The van der Waals surface area contributed by atoms with Gasteiger partial charge < -0.3 is 5.32 Å². The van der Waals surface area contributed by atoms with E-state index in [1.165, 1.54) is 50.8 Å². The van der Waals surface area contributed by atoms with Crippen LogP contribution >= 0.6 is 0 Å². The van der Waals surface area contributed by atoms with E-state index in [-0.39, 0.29) is 0 Å². The molecule has 0 bridgehead atoms. The lowest BCUT2D eigenvalue weighted by Gasteiger charge is -2.28. The summed E-state index contributed by atoms with van der Waals surface area (Å²) in [6, 6.07) is 0. The van der Waals surface area contributed by atoms with Crippen molar-refractivity contribution in [2.24, 2.45) is 16.8 Å². The smallest absolute Gasteiger partial charge is 0.0964 e. The molecular weight excluding hydrogens is 184 g/mol. The average Bonchev–Trinajstić information content (AvgIpc) is 2.74. The Morgan fingerprint density at radius 1 is 1.33 bits per heavy atom. The van der Waals surface area contributed by atoms with Gasteiger partial charge in [0.1, 0.15) is 0 Å². The highest BCUT2D eigenvalue weighted by atomic mass is 15.1. The Bertz CT molecular complexity index is 223. The fraction of sp³-hybridized carbons (Fsp3) is 0.923. The molecule has 0 aromatic rings. The van der Waals surface area contributed by atoms with Crippen molar-refractivity contribution in [2.45, 2.75) is 51.9 Å². The fourth-order valence-corrected chi connectivity index (χ4v) is 2.97. The maximum Gasteiger partial charge on any atom is 0.0964 e. The lowest BCUT2D eigenvalue weighted by atomic mass is 9.78. The van der Waals surface area contributed by atoms with Gasteiger partial charge >= 0.3 is 0 Å². The van der Waals surface area contributed by atoms with Crippen LogP contribution in [0.4, 0.5) is 0 Å². The first-order valence-corrected chi connectivity index (χ1v) is 6.63. The molecule has 2 atom stereocenters. The molecule has 0 aromatic heterocycles. The maximum atomic E-state index is 4.44. The number of aliphatic imine (C=N–C) groups is 1. The molecule has 0 saturated heterocycles. The number of rotatable bonds is 4. The first kappa shape index (κ1) is 11.0. The number of amidine groups is 1. The Morgan fingerprint density at radius 2 is 2.20 bits per heavy atom. The zero-order chi connectivity index (χ0) is 10.5. The van der Waals surface area contributed by atoms with E-state index in [0.717, 1.165) is 24.9 Å². The second kappa shape index (κ2) is 5.53. The van der Waals surface area contributed by atoms with E-state index < -0.39 is 0 Å². The Balaban J connectivity index is 1.63. The lowest BCUT2D eigenvalue weighted by molar-refractivity contribution is 0.239. The second-order valence-corrected chi connectivity index (χ2v) is 5.17. The molecule has 86 valence electrons. The monoisotopic (exact) mass is 208 g/mol. The largest absolute Gasteiger partial charge is 0.372 e. The summed E-state index contributed by atoms with van der Waals surface area (Å²) < 4.78 is 0. The Morgan fingerprint density at radius 3 is 2.93 bits per heavy atom. The Kier molecular flexibility index (Phi) is 4.04. The van der Waals surface area contributed by atoms with Gasteiger partial charge in [0.15, 0.2) is 0 Å². The van der Waals surface area contributed by atoms with Crippen LogP contribution in [0.3, 0.4) is 0 Å². The van der Waals surface area contributed by atoms with Crippen LogP contribution in [-0.4, -0.2) is 18.9 Å². The molecule has 1 aliphatic carbocycles. The van der Waals surface area contributed by atoms with E-state index in [2.05, 4.69) is 17.2 Å². The van der Waals surface area contributed by atoms with Crippen LogP contribution in [-0.2, 0) is 0 Å². The Hall–Kier alpha value is -0.530. The predicted octanol–water partition coefficient (Wildman–Crippen LogP) is 2.98. The molecule has 1 heterocycles. The van der Waals surface area contributed by atoms with Gasteiger partial charge in [-0.25, -0.2) is 0 Å². The highest BCUT2D eigenvalue weighted by Gasteiger charge is 2.20. The zero-order valence-electron chi connectivity index (χ0n) is 9.97. The van der Waals surface area contributed by atoms with Gasteiger partial charge in [-0.15, -0.1) is 0 Å². The van der Waals surface area contributed by atoms with Gasteiger partial charge in [0.05, 0.1) is 12.4 Å². The van der Waals surface area contributed by atoms with Crippen molar-refractivity contribution in [3.05, 3.63) is 0 Å². The lowest BCUT2D eigenvalue weighted by Crippen LogP contribution is -2.20. The number of nitrogens with zero attached hydrogens (tertiary/aromatic N) is 1. The van der Waals surface area contributed by atoms with Crippen LogP contribution in [0.25, 0.3) is 0 Å². The molecule has 0 unspecified atom stereocenters. The Labute approximate surface area is 93.6 Å². The molecule has 2 rings (SSSR count). The molecule has 1 saturated carbocycles. The summed E-state index contributed by atoms with van der Waals surface area (Å²) in [5.41, 5.74) is 0. The summed E-state index contributed by atoms with van der Waals surface area (Å²) >= 11 is 0. The maximum absolute atomic E-state index is 4.44. The summed E-state index contributed by atoms with van der Waals surface area (Å²) in [5, 5.41) is 3.36. The summed E-state index contributed by atoms with van der Waals surface area (Å²) in [7, 11) is 0. The summed E-state index contributed by atoms with van der Waals surface area (Å²) in [4.78, 5) is 4.44. The molecule has 1 aliphatic heterocycles. The van der Waals surface area contributed by atoms with Gasteiger partial charge in [-0.3, -0.25) is 4.99 Å². The molecule has 2 heteroatoms. The highest BCUT2D eigenvalue weighted by molar-refractivity contribution is 5.83. The molecule has 0 radical (unpaired) electrons. The highest BCUT2D eigenvalue weighted by Crippen LogP contribution is 2.32. The third kappa shape index (κ3) is 3.22. The van der Waals surface area contributed by atoms with Crippen LogP contribution in [0.1, 0.15) is 51.9 Å². The minimum Gasteiger partial charge on any atom is -0.372 e. The molecule has 0 aromatic carbocycles. The average molecular weight is 208 g/mol. The molecule has 15 heavy (non-hydrogen) atoms. The number of nitrogens with one attached hydrogen (secondary N) is 1.